The van der Waals surface area contributed by atoms with Crippen LogP contribution in [0.15, 0.2) is 24.3 Å². The molecule has 1 aromatic carbocycles. The number of carbonyl (C=O) groups excluding carboxylic acids is 1. The maximum atomic E-state index is 12.9. The highest BCUT2D eigenvalue weighted by Gasteiger charge is 2.49. The number of hydrogen-bond donors (Lipinski definition) is 2. The lowest BCUT2D eigenvalue weighted by Gasteiger charge is -2.36. The first kappa shape index (κ1) is 19.2. The predicted octanol–water partition coefficient (Wildman–Crippen LogP) is 1.77. The molecular formula is C17H25ClN2O3S. The molecule has 1 unspecified atom stereocenters. The Hall–Kier alpha value is -1.11. The number of hydrogen-bond acceptors (Lipinski definition) is 4. The SMILES string of the molecule is CS(=O)(=O)C1(C(=O)NC2CCCc3ccccc32)CCNCC1.Cl. The molecule has 5 nitrogen and oxygen atoms in total. The van der Waals surface area contributed by atoms with E-state index in [1.807, 2.05) is 18.2 Å². The van der Waals surface area contributed by atoms with Crippen molar-refractivity contribution >= 4 is 28.2 Å². The normalized spacial score (nSPS) is 22.8. The second kappa shape index (κ2) is 7.42. The number of halogens is 1. The van der Waals surface area contributed by atoms with Gasteiger partial charge in [0.1, 0.15) is 0 Å². The number of amides is 1. The van der Waals surface area contributed by atoms with Crippen molar-refractivity contribution in [1.29, 1.82) is 0 Å². The molecule has 1 atom stereocenters. The summed E-state index contributed by atoms with van der Waals surface area (Å²) in [5, 5.41) is 6.19. The largest absolute Gasteiger partial charge is 0.348 e. The van der Waals surface area contributed by atoms with E-state index in [4.69, 9.17) is 0 Å². The van der Waals surface area contributed by atoms with Crippen molar-refractivity contribution in [3.63, 3.8) is 0 Å². The minimum absolute atomic E-state index is 0. The molecule has 1 saturated heterocycles. The third-order valence-electron chi connectivity index (χ3n) is 5.21. The summed E-state index contributed by atoms with van der Waals surface area (Å²) in [6, 6.07) is 8.02. The Balaban J connectivity index is 0.00000208. The highest BCUT2D eigenvalue weighted by atomic mass is 35.5. The number of piperidine rings is 1. The molecular weight excluding hydrogens is 348 g/mol. The number of benzene rings is 1. The van der Waals surface area contributed by atoms with Crippen LogP contribution < -0.4 is 10.6 Å². The average Bonchev–Trinajstić information content (AvgIpc) is 2.55. The van der Waals surface area contributed by atoms with Crippen LogP contribution in [0.2, 0.25) is 0 Å². The van der Waals surface area contributed by atoms with Gasteiger partial charge >= 0.3 is 0 Å². The summed E-state index contributed by atoms with van der Waals surface area (Å²) in [4.78, 5) is 12.9. The standard InChI is InChI=1S/C17H24N2O3S.ClH/c1-23(21,22)17(9-11-18-12-10-17)16(20)19-15-8-4-6-13-5-2-3-7-14(13)15;/h2-3,5,7,15,18H,4,6,8-12H2,1H3,(H,19,20);1H. The van der Waals surface area contributed by atoms with Crippen LogP contribution in [0.5, 0.6) is 0 Å². The smallest absolute Gasteiger partial charge is 0.242 e. The van der Waals surface area contributed by atoms with Crippen molar-refractivity contribution in [2.24, 2.45) is 0 Å². The molecule has 1 heterocycles. The summed E-state index contributed by atoms with van der Waals surface area (Å²) >= 11 is 0. The summed E-state index contributed by atoms with van der Waals surface area (Å²) in [7, 11) is -3.47. The van der Waals surface area contributed by atoms with Gasteiger partial charge in [0.15, 0.2) is 14.6 Å². The molecule has 1 aliphatic carbocycles. The van der Waals surface area contributed by atoms with Crippen LogP contribution >= 0.6 is 12.4 Å². The Morgan fingerprint density at radius 2 is 1.92 bits per heavy atom. The summed E-state index contributed by atoms with van der Waals surface area (Å²) in [5.74, 6) is -0.330. The molecule has 1 fully saturated rings. The molecule has 3 rings (SSSR count). The zero-order valence-corrected chi connectivity index (χ0v) is 15.5. The average molecular weight is 373 g/mol. The van der Waals surface area contributed by atoms with Gasteiger partial charge in [0.05, 0.1) is 6.04 Å². The van der Waals surface area contributed by atoms with Gasteiger partial charge < -0.3 is 10.6 Å². The van der Waals surface area contributed by atoms with Crippen molar-refractivity contribution in [3.05, 3.63) is 35.4 Å². The molecule has 1 aliphatic heterocycles. The van der Waals surface area contributed by atoms with Gasteiger partial charge in [0, 0.05) is 6.26 Å². The van der Waals surface area contributed by atoms with Crippen LogP contribution in [0, 0.1) is 0 Å². The van der Waals surface area contributed by atoms with Gasteiger partial charge in [-0.25, -0.2) is 8.42 Å². The van der Waals surface area contributed by atoms with E-state index in [2.05, 4.69) is 16.7 Å². The van der Waals surface area contributed by atoms with E-state index in [9.17, 15) is 13.2 Å². The van der Waals surface area contributed by atoms with E-state index in [1.54, 1.807) is 0 Å². The Kier molecular flexibility index (Phi) is 5.94. The topological polar surface area (TPSA) is 75.3 Å². The van der Waals surface area contributed by atoms with Gasteiger partial charge in [-0.15, -0.1) is 12.4 Å². The minimum atomic E-state index is -3.47. The molecule has 1 amide bonds. The van der Waals surface area contributed by atoms with Crippen molar-refractivity contribution in [1.82, 2.24) is 10.6 Å². The van der Waals surface area contributed by atoms with Crippen LogP contribution in [0.1, 0.15) is 42.9 Å². The molecule has 2 N–H and O–H groups in total. The third kappa shape index (κ3) is 3.46. The van der Waals surface area contributed by atoms with Gasteiger partial charge in [-0.1, -0.05) is 24.3 Å². The van der Waals surface area contributed by atoms with Crippen LogP contribution in [-0.4, -0.2) is 38.4 Å². The first-order valence-corrected chi connectivity index (χ1v) is 10.1. The highest BCUT2D eigenvalue weighted by Crippen LogP contribution is 2.33. The zero-order chi connectivity index (χ0) is 16.5. The van der Waals surface area contributed by atoms with E-state index in [-0.39, 0.29) is 24.4 Å². The summed E-state index contributed by atoms with van der Waals surface area (Å²) in [6.45, 7) is 1.11. The van der Waals surface area contributed by atoms with Crippen LogP contribution in [0.3, 0.4) is 0 Å². The molecule has 7 heteroatoms. The van der Waals surface area contributed by atoms with Crippen molar-refractivity contribution < 1.29 is 13.2 Å². The van der Waals surface area contributed by atoms with Gasteiger partial charge in [-0.3, -0.25) is 4.79 Å². The van der Waals surface area contributed by atoms with E-state index in [0.717, 1.165) is 24.8 Å². The highest BCUT2D eigenvalue weighted by molar-refractivity contribution is 7.92. The molecule has 0 spiro atoms. The fourth-order valence-corrected chi connectivity index (χ4v) is 5.13. The first-order chi connectivity index (χ1) is 10.9. The number of sulfone groups is 1. The maximum absolute atomic E-state index is 12.9. The lowest BCUT2D eigenvalue weighted by atomic mass is 9.87. The number of fused-ring (bicyclic) bond motifs is 1. The van der Waals surface area contributed by atoms with Gasteiger partial charge in [0.25, 0.3) is 0 Å². The molecule has 0 saturated carbocycles. The van der Waals surface area contributed by atoms with Gasteiger partial charge in [-0.2, -0.15) is 0 Å². The zero-order valence-electron chi connectivity index (χ0n) is 13.9. The monoisotopic (exact) mass is 372 g/mol. The van der Waals surface area contributed by atoms with Crippen molar-refractivity contribution in [2.75, 3.05) is 19.3 Å². The minimum Gasteiger partial charge on any atom is -0.348 e. The van der Waals surface area contributed by atoms with E-state index in [0.29, 0.717) is 25.9 Å². The second-order valence-electron chi connectivity index (χ2n) is 6.63. The Bertz CT molecular complexity index is 700. The lowest BCUT2D eigenvalue weighted by molar-refractivity contribution is -0.125. The van der Waals surface area contributed by atoms with Crippen molar-refractivity contribution in [2.45, 2.75) is 42.9 Å². The van der Waals surface area contributed by atoms with Crippen LogP contribution in [-0.2, 0) is 21.1 Å². The van der Waals surface area contributed by atoms with E-state index >= 15 is 0 Å². The van der Waals surface area contributed by atoms with E-state index < -0.39 is 14.6 Å². The number of nitrogens with one attached hydrogen (secondary N) is 2. The van der Waals surface area contributed by atoms with Crippen molar-refractivity contribution in [3.8, 4) is 0 Å². The number of carbonyl (C=O) groups is 1. The summed E-state index contributed by atoms with van der Waals surface area (Å²) in [6.07, 6.45) is 4.75. The predicted molar refractivity (Wildman–Crippen MR) is 97.2 cm³/mol. The summed E-state index contributed by atoms with van der Waals surface area (Å²) < 4.78 is 23.4. The fraction of sp³-hybridized carbons (Fsp3) is 0.588. The molecule has 2 aliphatic rings. The third-order valence-corrected chi connectivity index (χ3v) is 7.22. The maximum Gasteiger partial charge on any atom is 0.242 e. The molecule has 0 radical (unpaired) electrons. The van der Waals surface area contributed by atoms with Crippen LogP contribution in [0.25, 0.3) is 0 Å². The first-order valence-electron chi connectivity index (χ1n) is 8.23. The molecule has 24 heavy (non-hydrogen) atoms. The molecule has 1 aromatic rings. The number of rotatable bonds is 3. The van der Waals surface area contributed by atoms with Gasteiger partial charge in [0.2, 0.25) is 5.91 Å². The molecule has 0 aromatic heterocycles. The molecule has 0 bridgehead atoms. The van der Waals surface area contributed by atoms with E-state index in [1.165, 1.54) is 11.8 Å². The molecule has 134 valence electrons. The quantitative estimate of drug-likeness (QED) is 0.847. The Morgan fingerprint density at radius 3 is 2.58 bits per heavy atom. The second-order valence-corrected chi connectivity index (χ2v) is 8.96. The Labute approximate surface area is 149 Å². The summed E-state index contributed by atoms with van der Waals surface area (Å²) in [5.41, 5.74) is 2.38. The fourth-order valence-electron chi connectivity index (χ4n) is 3.79. The number of aryl methyl sites for hydroxylation is 1. The van der Waals surface area contributed by atoms with Gasteiger partial charge in [-0.05, 0) is 56.3 Å². The lowest BCUT2D eigenvalue weighted by Crippen LogP contribution is -2.57. The van der Waals surface area contributed by atoms with Crippen LogP contribution in [0.4, 0.5) is 0 Å². The Morgan fingerprint density at radius 1 is 1.25 bits per heavy atom.